The smallest absolute Gasteiger partial charge is 0.372 e. The summed E-state index contributed by atoms with van der Waals surface area (Å²) in [4.78, 5) is 12.0. The maximum atomic E-state index is 12.0. The molecule has 6 nitrogen and oxygen atoms in total. The number of methoxy groups -OCH3 is 2. The summed E-state index contributed by atoms with van der Waals surface area (Å²) >= 11 is 1.15. The zero-order valence-electron chi connectivity index (χ0n) is 19.0. The van der Waals surface area contributed by atoms with Gasteiger partial charge in [0.2, 0.25) is 0 Å². The largest absolute Gasteiger partial charge is 0.497 e. The molecule has 0 amide bonds. The van der Waals surface area contributed by atoms with Crippen LogP contribution in [0.25, 0.3) is 12.2 Å². The van der Waals surface area contributed by atoms with E-state index in [1.807, 2.05) is 42.5 Å². The van der Waals surface area contributed by atoms with Crippen molar-refractivity contribution in [2.75, 3.05) is 33.1 Å². The minimum Gasteiger partial charge on any atom is -0.497 e. The molecule has 1 unspecified atom stereocenters. The zero-order valence-corrected chi connectivity index (χ0v) is 20.6. The monoisotopic (exact) mass is 480 g/mol. The molecular formula is C24H33ClN2O4S. The number of nitrogens with two attached hydrogens (primary N) is 1. The van der Waals surface area contributed by atoms with Crippen LogP contribution in [0.1, 0.15) is 25.0 Å². The van der Waals surface area contributed by atoms with Crippen molar-refractivity contribution < 1.29 is 19.0 Å². The summed E-state index contributed by atoms with van der Waals surface area (Å²) < 4.78 is 16.0. The summed E-state index contributed by atoms with van der Waals surface area (Å²) in [5.74, 6) is 3.05. The van der Waals surface area contributed by atoms with Crippen molar-refractivity contribution in [3.8, 4) is 17.2 Å². The van der Waals surface area contributed by atoms with Gasteiger partial charge in [0.25, 0.3) is 0 Å². The Hall–Kier alpha value is -2.19. The normalized spacial score (nSPS) is 11.8. The summed E-state index contributed by atoms with van der Waals surface area (Å²) in [6.07, 6.45) is 3.95. The topological polar surface area (TPSA) is 82.8 Å². The highest BCUT2D eigenvalue weighted by Crippen LogP contribution is 2.24. The molecule has 32 heavy (non-hydrogen) atoms. The SMILES string of the molecule is COc1cc(/C=C/c2ccc(OC(=O)SCCNCC(N)C(C)C)cc2)cc(OC)c1.Cl. The summed E-state index contributed by atoms with van der Waals surface area (Å²) in [5.41, 5.74) is 7.93. The molecule has 8 heteroatoms. The minimum atomic E-state index is -0.318. The van der Waals surface area contributed by atoms with Crippen LogP contribution in [0.3, 0.4) is 0 Å². The highest BCUT2D eigenvalue weighted by Gasteiger charge is 2.08. The van der Waals surface area contributed by atoms with Gasteiger partial charge in [-0.15, -0.1) is 12.4 Å². The third-order valence-electron chi connectivity index (χ3n) is 4.66. The van der Waals surface area contributed by atoms with E-state index in [1.165, 1.54) is 0 Å². The van der Waals surface area contributed by atoms with Crippen LogP contribution in [0.5, 0.6) is 17.2 Å². The van der Waals surface area contributed by atoms with Crippen molar-refractivity contribution in [3.63, 3.8) is 0 Å². The molecule has 0 aliphatic carbocycles. The Balaban J connectivity index is 0.00000512. The zero-order chi connectivity index (χ0) is 22.6. The fourth-order valence-corrected chi connectivity index (χ4v) is 3.17. The second-order valence-corrected chi connectivity index (χ2v) is 8.39. The lowest BCUT2D eigenvalue weighted by molar-refractivity contribution is 0.227. The minimum absolute atomic E-state index is 0. The van der Waals surface area contributed by atoms with Gasteiger partial charge in [-0.25, -0.2) is 4.79 Å². The molecule has 0 spiro atoms. The number of halogens is 1. The molecular weight excluding hydrogens is 448 g/mol. The van der Waals surface area contributed by atoms with Crippen molar-refractivity contribution in [1.82, 2.24) is 5.32 Å². The number of hydrogen-bond donors (Lipinski definition) is 2. The number of carbonyl (C=O) groups excluding carboxylic acids is 1. The highest BCUT2D eigenvalue weighted by atomic mass is 35.5. The predicted octanol–water partition coefficient (Wildman–Crippen LogP) is 5.10. The molecule has 0 radical (unpaired) electrons. The maximum absolute atomic E-state index is 12.0. The van der Waals surface area contributed by atoms with E-state index in [4.69, 9.17) is 19.9 Å². The molecule has 3 N–H and O–H groups in total. The number of ether oxygens (including phenoxy) is 3. The van der Waals surface area contributed by atoms with E-state index >= 15 is 0 Å². The molecule has 0 saturated carbocycles. The quantitative estimate of drug-likeness (QED) is 0.263. The van der Waals surface area contributed by atoms with E-state index in [0.717, 1.165) is 40.9 Å². The standard InChI is InChI=1S/C24H32N2O4S.ClH/c1-17(2)23(25)16-26-11-12-31-24(27)30-20-9-7-18(8-10-20)5-6-19-13-21(28-3)15-22(14-19)29-4;/h5-10,13-15,17,23,26H,11-12,16,25H2,1-4H3;1H/b6-5+;. The molecule has 2 rings (SSSR count). The van der Waals surface area contributed by atoms with E-state index in [-0.39, 0.29) is 23.8 Å². The summed E-state index contributed by atoms with van der Waals surface area (Å²) in [5, 5.41) is 2.94. The van der Waals surface area contributed by atoms with Gasteiger partial charge >= 0.3 is 5.30 Å². The van der Waals surface area contributed by atoms with E-state index < -0.39 is 0 Å². The van der Waals surface area contributed by atoms with Crippen LogP contribution in [-0.2, 0) is 0 Å². The lowest BCUT2D eigenvalue weighted by Crippen LogP contribution is -2.38. The lowest BCUT2D eigenvalue weighted by Gasteiger charge is -2.15. The third-order valence-corrected chi connectivity index (χ3v) is 5.39. The van der Waals surface area contributed by atoms with Gasteiger partial charge in [-0.3, -0.25) is 0 Å². The van der Waals surface area contributed by atoms with Crippen molar-refractivity contribution in [2.45, 2.75) is 19.9 Å². The van der Waals surface area contributed by atoms with E-state index in [1.54, 1.807) is 26.4 Å². The molecule has 0 aromatic heterocycles. The number of hydrogen-bond acceptors (Lipinski definition) is 7. The van der Waals surface area contributed by atoms with Gasteiger partial charge < -0.3 is 25.3 Å². The van der Waals surface area contributed by atoms with Gasteiger partial charge in [0.05, 0.1) is 14.2 Å². The molecule has 0 fully saturated rings. The van der Waals surface area contributed by atoms with Gasteiger partial charge in [-0.1, -0.05) is 38.1 Å². The number of carbonyl (C=O) groups is 1. The summed E-state index contributed by atoms with van der Waals surface area (Å²) in [7, 11) is 3.25. The van der Waals surface area contributed by atoms with Crippen LogP contribution >= 0.6 is 24.2 Å². The van der Waals surface area contributed by atoms with Crippen molar-refractivity contribution in [3.05, 3.63) is 53.6 Å². The Bertz CT molecular complexity index is 837. The molecule has 0 aliphatic heterocycles. The Morgan fingerprint density at radius 2 is 1.59 bits per heavy atom. The molecule has 2 aromatic rings. The van der Waals surface area contributed by atoms with Gasteiger partial charge in [0.1, 0.15) is 17.2 Å². The van der Waals surface area contributed by atoms with Crippen LogP contribution in [-0.4, -0.2) is 44.4 Å². The maximum Gasteiger partial charge on any atom is 0.372 e. The average molecular weight is 481 g/mol. The number of nitrogens with one attached hydrogen (secondary N) is 1. The van der Waals surface area contributed by atoms with Crippen molar-refractivity contribution >= 4 is 41.6 Å². The van der Waals surface area contributed by atoms with E-state index in [0.29, 0.717) is 24.0 Å². The molecule has 2 aromatic carbocycles. The Morgan fingerprint density at radius 3 is 2.16 bits per heavy atom. The van der Waals surface area contributed by atoms with E-state index in [2.05, 4.69) is 19.2 Å². The Kier molecular flexibility index (Phi) is 12.9. The van der Waals surface area contributed by atoms with Crippen LogP contribution in [0.15, 0.2) is 42.5 Å². The molecule has 1 atom stereocenters. The van der Waals surface area contributed by atoms with Crippen LogP contribution in [0.4, 0.5) is 4.79 Å². The molecule has 176 valence electrons. The summed E-state index contributed by atoms with van der Waals surface area (Å²) in [6, 6.07) is 13.2. The first-order chi connectivity index (χ1) is 14.9. The lowest BCUT2D eigenvalue weighted by atomic mass is 10.1. The molecule has 0 aliphatic rings. The number of thioether (sulfide) groups is 1. The first kappa shape index (κ1) is 27.8. The van der Waals surface area contributed by atoms with Crippen LogP contribution in [0, 0.1) is 5.92 Å². The molecule has 0 saturated heterocycles. The predicted molar refractivity (Wildman–Crippen MR) is 136 cm³/mol. The van der Waals surface area contributed by atoms with Gasteiger partial charge in [-0.05, 0) is 53.1 Å². The van der Waals surface area contributed by atoms with Crippen LogP contribution in [0.2, 0.25) is 0 Å². The average Bonchev–Trinajstić information content (AvgIpc) is 2.77. The fraction of sp³-hybridized carbons (Fsp3) is 0.375. The summed E-state index contributed by atoms with van der Waals surface area (Å²) in [6.45, 7) is 5.63. The number of benzene rings is 2. The van der Waals surface area contributed by atoms with Crippen molar-refractivity contribution in [2.24, 2.45) is 11.7 Å². The first-order valence-electron chi connectivity index (χ1n) is 10.2. The fourth-order valence-electron chi connectivity index (χ4n) is 2.60. The number of rotatable bonds is 11. The van der Waals surface area contributed by atoms with Gasteiger partial charge in [-0.2, -0.15) is 0 Å². The Labute approximate surface area is 201 Å². The second-order valence-electron chi connectivity index (χ2n) is 7.36. The third kappa shape index (κ3) is 9.96. The molecule has 0 bridgehead atoms. The van der Waals surface area contributed by atoms with Crippen LogP contribution < -0.4 is 25.3 Å². The van der Waals surface area contributed by atoms with Gasteiger partial charge in [0, 0.05) is 31.0 Å². The second kappa shape index (κ2) is 14.8. The van der Waals surface area contributed by atoms with Gasteiger partial charge in [0.15, 0.2) is 0 Å². The molecule has 0 heterocycles. The highest BCUT2D eigenvalue weighted by molar-refractivity contribution is 8.13. The van der Waals surface area contributed by atoms with E-state index in [9.17, 15) is 4.79 Å². The Morgan fingerprint density at radius 1 is 1.00 bits per heavy atom. The first-order valence-corrected chi connectivity index (χ1v) is 11.2. The van der Waals surface area contributed by atoms with Crippen molar-refractivity contribution in [1.29, 1.82) is 0 Å².